The maximum atomic E-state index is 12.2. The minimum absolute atomic E-state index is 0.231. The summed E-state index contributed by atoms with van der Waals surface area (Å²) >= 11 is 0. The van der Waals surface area contributed by atoms with Gasteiger partial charge in [-0.25, -0.2) is 0 Å². The highest BCUT2D eigenvalue weighted by atomic mass is 16.1. The summed E-state index contributed by atoms with van der Waals surface area (Å²) in [6.45, 7) is 10.5. The molecule has 1 heteroatoms. The van der Waals surface area contributed by atoms with Crippen LogP contribution in [0.5, 0.6) is 0 Å². The van der Waals surface area contributed by atoms with E-state index < -0.39 is 0 Å². The van der Waals surface area contributed by atoms with E-state index in [-0.39, 0.29) is 11.2 Å². The van der Waals surface area contributed by atoms with Crippen LogP contribution in [0, 0.1) is 11.8 Å². The molecule has 20 heavy (non-hydrogen) atoms. The highest BCUT2D eigenvalue weighted by Crippen LogP contribution is 2.52. The van der Waals surface area contributed by atoms with Crippen molar-refractivity contribution in [3.05, 3.63) is 52.5 Å². The number of hydrogen-bond acceptors (Lipinski definition) is 1. The molecule has 0 heterocycles. The molecule has 2 rings (SSSR count). The van der Waals surface area contributed by atoms with Gasteiger partial charge in [0.05, 0.1) is 0 Å². The van der Waals surface area contributed by atoms with E-state index in [0.29, 0.717) is 0 Å². The van der Waals surface area contributed by atoms with Crippen LogP contribution in [-0.2, 0) is 4.79 Å². The number of carbonyl (C=O) groups excluding carboxylic acids is 1. The Morgan fingerprint density at radius 1 is 1.25 bits per heavy atom. The zero-order valence-corrected chi connectivity index (χ0v) is 13.3. The Bertz CT molecular complexity index is 550. The quantitative estimate of drug-likeness (QED) is 0.633. The van der Waals surface area contributed by atoms with E-state index in [0.717, 1.165) is 24.8 Å². The van der Waals surface area contributed by atoms with Crippen LogP contribution in [-0.4, -0.2) is 5.78 Å². The Hall–Kier alpha value is -1.37. The Morgan fingerprint density at radius 2 is 1.95 bits per heavy atom. The van der Waals surface area contributed by atoms with Crippen LogP contribution in [0.1, 0.15) is 53.9 Å². The standard InChI is InChI=1S/C19H25O/c1-6-8-13(2)9-7-10-14(3)15-12-18(20)19(4,5)17-11-16(15)17/h8,10-12H,6-7,9H2,1-5H3/b13-8+,14-10+. The van der Waals surface area contributed by atoms with E-state index in [2.05, 4.69) is 39.3 Å². The van der Waals surface area contributed by atoms with Crippen LogP contribution in [0.2, 0.25) is 0 Å². The molecular weight excluding hydrogens is 244 g/mol. The van der Waals surface area contributed by atoms with Gasteiger partial charge < -0.3 is 0 Å². The van der Waals surface area contributed by atoms with Crippen molar-refractivity contribution in [3.63, 3.8) is 0 Å². The minimum Gasteiger partial charge on any atom is -0.294 e. The molecule has 0 aromatic heterocycles. The van der Waals surface area contributed by atoms with Crippen molar-refractivity contribution in [2.24, 2.45) is 5.41 Å². The zero-order chi connectivity index (χ0) is 14.9. The molecule has 2 aliphatic carbocycles. The summed E-state index contributed by atoms with van der Waals surface area (Å²) in [4.78, 5) is 12.2. The molecule has 0 fully saturated rings. The summed E-state index contributed by atoms with van der Waals surface area (Å²) in [6.07, 6.45) is 11.8. The third-order valence-corrected chi connectivity index (χ3v) is 4.32. The summed E-state index contributed by atoms with van der Waals surface area (Å²) in [6, 6.07) is 0. The molecule has 107 valence electrons. The lowest BCUT2D eigenvalue weighted by atomic mass is 9.81. The second-order valence-corrected chi connectivity index (χ2v) is 6.40. The topological polar surface area (TPSA) is 17.1 Å². The van der Waals surface area contributed by atoms with E-state index in [1.807, 2.05) is 19.9 Å². The molecule has 0 saturated carbocycles. The lowest BCUT2D eigenvalue weighted by Crippen LogP contribution is -2.23. The lowest BCUT2D eigenvalue weighted by molar-refractivity contribution is -0.120. The second-order valence-electron chi connectivity index (χ2n) is 6.40. The molecule has 0 N–H and O–H groups in total. The van der Waals surface area contributed by atoms with Gasteiger partial charge in [-0.15, -0.1) is 0 Å². The molecular formula is C19H25O. The molecule has 0 saturated heterocycles. The van der Waals surface area contributed by atoms with E-state index in [1.54, 1.807) is 0 Å². The van der Waals surface area contributed by atoms with Crippen molar-refractivity contribution in [2.75, 3.05) is 0 Å². The largest absolute Gasteiger partial charge is 0.294 e. The Morgan fingerprint density at radius 3 is 2.60 bits per heavy atom. The van der Waals surface area contributed by atoms with Crippen LogP contribution >= 0.6 is 0 Å². The van der Waals surface area contributed by atoms with E-state index in [4.69, 9.17) is 0 Å². The minimum atomic E-state index is -0.306. The highest BCUT2D eigenvalue weighted by molar-refractivity contribution is 6.04. The predicted octanol–water partition coefficient (Wildman–Crippen LogP) is 5.12. The molecule has 2 aliphatic rings. The summed E-state index contributed by atoms with van der Waals surface area (Å²) in [5.41, 5.74) is 6.05. The van der Waals surface area contributed by atoms with Crippen molar-refractivity contribution >= 4 is 5.78 Å². The lowest BCUT2D eigenvalue weighted by Gasteiger charge is -2.21. The summed E-state index contributed by atoms with van der Waals surface area (Å²) < 4.78 is 0. The fourth-order valence-electron chi connectivity index (χ4n) is 2.77. The third-order valence-electron chi connectivity index (χ3n) is 4.32. The van der Waals surface area contributed by atoms with Crippen molar-refractivity contribution < 1.29 is 4.79 Å². The van der Waals surface area contributed by atoms with Crippen molar-refractivity contribution in [2.45, 2.75) is 53.9 Å². The molecule has 0 spiro atoms. The van der Waals surface area contributed by atoms with Gasteiger partial charge >= 0.3 is 0 Å². The Labute approximate surface area is 123 Å². The molecule has 0 aromatic rings. The van der Waals surface area contributed by atoms with Crippen molar-refractivity contribution in [1.29, 1.82) is 0 Å². The molecule has 0 unspecified atom stereocenters. The van der Waals surface area contributed by atoms with Gasteiger partial charge in [-0.1, -0.05) is 24.6 Å². The van der Waals surface area contributed by atoms with Crippen LogP contribution < -0.4 is 0 Å². The van der Waals surface area contributed by atoms with Gasteiger partial charge in [0.25, 0.3) is 0 Å². The van der Waals surface area contributed by atoms with Gasteiger partial charge in [0.15, 0.2) is 5.78 Å². The number of carbonyl (C=O) groups is 1. The van der Waals surface area contributed by atoms with Crippen molar-refractivity contribution in [3.8, 4) is 0 Å². The summed E-state index contributed by atoms with van der Waals surface area (Å²) in [7, 11) is 0. The molecule has 0 aliphatic heterocycles. The number of ketones is 1. The fourth-order valence-corrected chi connectivity index (χ4v) is 2.77. The first-order valence-electron chi connectivity index (χ1n) is 7.56. The van der Waals surface area contributed by atoms with Gasteiger partial charge in [-0.2, -0.15) is 0 Å². The van der Waals surface area contributed by atoms with E-state index in [1.165, 1.54) is 22.3 Å². The normalized spacial score (nSPS) is 21.9. The Kier molecular flexibility index (Phi) is 4.17. The monoisotopic (exact) mass is 269 g/mol. The van der Waals surface area contributed by atoms with E-state index in [9.17, 15) is 4.79 Å². The molecule has 1 nitrogen and oxygen atoms in total. The van der Waals surface area contributed by atoms with Gasteiger partial charge in [-0.05, 0) is 75.3 Å². The first kappa shape index (κ1) is 15.0. The van der Waals surface area contributed by atoms with Crippen molar-refractivity contribution in [1.82, 2.24) is 0 Å². The molecule has 0 aromatic carbocycles. The smallest absolute Gasteiger partial charge is 0.165 e. The maximum absolute atomic E-state index is 12.2. The van der Waals surface area contributed by atoms with Gasteiger partial charge in [-0.3, -0.25) is 4.79 Å². The average Bonchev–Trinajstić information content (AvgIpc) is 3.15. The summed E-state index contributed by atoms with van der Waals surface area (Å²) in [5, 5.41) is 0. The number of hydrogen-bond donors (Lipinski definition) is 0. The molecule has 0 atom stereocenters. The Balaban J connectivity index is 2.05. The van der Waals surface area contributed by atoms with Gasteiger partial charge in [0, 0.05) is 11.8 Å². The number of rotatable bonds is 5. The predicted molar refractivity (Wildman–Crippen MR) is 85.2 cm³/mol. The maximum Gasteiger partial charge on any atom is 0.165 e. The van der Waals surface area contributed by atoms with Crippen LogP contribution in [0.25, 0.3) is 0 Å². The summed E-state index contributed by atoms with van der Waals surface area (Å²) in [5.74, 6) is 0.231. The molecule has 0 amide bonds. The number of allylic oxidation sites excluding steroid dienone is 8. The SMILES string of the molecule is CC/C=C(\C)CC/C=C(\C)C1=CC(=O)C(C)(C)C2=C1[CH]2. The first-order chi connectivity index (χ1) is 9.37. The van der Waals surface area contributed by atoms with Gasteiger partial charge in [0.1, 0.15) is 0 Å². The fraction of sp³-hybridized carbons (Fsp3) is 0.474. The van der Waals surface area contributed by atoms with Crippen LogP contribution in [0.3, 0.4) is 0 Å². The third kappa shape index (κ3) is 2.87. The first-order valence-corrected chi connectivity index (χ1v) is 7.56. The van der Waals surface area contributed by atoms with E-state index >= 15 is 0 Å². The highest BCUT2D eigenvalue weighted by Gasteiger charge is 2.45. The average molecular weight is 269 g/mol. The molecule has 0 bridgehead atoms. The van der Waals surface area contributed by atoms with Gasteiger partial charge in [0.2, 0.25) is 0 Å². The van der Waals surface area contributed by atoms with Crippen LogP contribution in [0.4, 0.5) is 0 Å². The zero-order valence-electron chi connectivity index (χ0n) is 13.3. The van der Waals surface area contributed by atoms with Crippen LogP contribution in [0.15, 0.2) is 46.1 Å². The second kappa shape index (κ2) is 5.55. The molecule has 1 radical (unpaired) electrons.